The number of benzene rings is 3. The van der Waals surface area contributed by atoms with Crippen molar-refractivity contribution in [3.8, 4) is 0 Å². The van der Waals surface area contributed by atoms with Crippen LogP contribution in [0.25, 0.3) is 5.70 Å². The highest BCUT2D eigenvalue weighted by Gasteiger charge is 2.43. The van der Waals surface area contributed by atoms with Crippen LogP contribution in [-0.2, 0) is 20.9 Å². The summed E-state index contributed by atoms with van der Waals surface area (Å²) >= 11 is 1.36. The maximum Gasteiger partial charge on any atom is 0.338 e. The molecule has 5 rings (SSSR count). The molecule has 8 heteroatoms. The van der Waals surface area contributed by atoms with Gasteiger partial charge in [0.05, 0.1) is 30.3 Å². The van der Waals surface area contributed by atoms with Crippen molar-refractivity contribution in [2.24, 2.45) is 4.99 Å². The Hall–Kier alpha value is -4.17. The average Bonchev–Trinajstić information content (AvgIpc) is 3.35. The predicted octanol–water partition coefficient (Wildman–Crippen LogP) is 6.15. The largest absolute Gasteiger partial charge is 0.463 e. The number of nitrogens with zero attached hydrogens (tertiary/aromatic N) is 3. The second-order valence-corrected chi connectivity index (χ2v) is 10.0. The summed E-state index contributed by atoms with van der Waals surface area (Å²) < 4.78 is 20.9. The number of halogens is 1. The van der Waals surface area contributed by atoms with Crippen LogP contribution in [0, 0.1) is 5.82 Å². The second kappa shape index (κ2) is 11.7. The monoisotopic (exact) mass is 541 g/mol. The van der Waals surface area contributed by atoms with Gasteiger partial charge in [-0.25, -0.2) is 14.2 Å². The highest BCUT2D eigenvalue weighted by atomic mass is 32.2. The molecular formula is C31H28FN3O3S. The molecule has 0 aliphatic carbocycles. The molecular weight excluding hydrogens is 513 g/mol. The van der Waals surface area contributed by atoms with Gasteiger partial charge in [0.2, 0.25) is 5.91 Å². The number of hydrogen-bond donors (Lipinski definition) is 0. The Kier molecular flexibility index (Phi) is 7.93. The SMILES string of the molecule is CCOC(=O)C1=C(c2ccccc2)N=C2SC=C(CC(=O)N(C)Cc3ccccc3)N2C1c1ccccc1F. The van der Waals surface area contributed by atoms with Crippen LogP contribution in [0.5, 0.6) is 0 Å². The minimum Gasteiger partial charge on any atom is -0.463 e. The van der Waals surface area contributed by atoms with Crippen molar-refractivity contribution < 1.29 is 18.7 Å². The standard InChI is InChI=1S/C31H28FN3O3S/c1-3-38-30(37)27-28(22-14-8-5-9-15-22)33-31-35(29(27)24-16-10-11-17-25(24)32)23(20-39-31)18-26(36)34(2)19-21-12-6-4-7-13-21/h4-17,20,29H,3,18-19H2,1-2H3. The first-order valence-electron chi connectivity index (χ1n) is 12.7. The van der Waals surface area contributed by atoms with Gasteiger partial charge in [-0.15, -0.1) is 0 Å². The van der Waals surface area contributed by atoms with Crippen molar-refractivity contribution in [3.05, 3.63) is 124 Å². The van der Waals surface area contributed by atoms with Gasteiger partial charge in [0, 0.05) is 30.4 Å². The van der Waals surface area contributed by atoms with Crippen molar-refractivity contribution in [3.63, 3.8) is 0 Å². The molecule has 3 aromatic rings. The minimum absolute atomic E-state index is 0.0665. The second-order valence-electron chi connectivity index (χ2n) is 9.18. The Morgan fingerprint density at radius 1 is 1.00 bits per heavy atom. The van der Waals surface area contributed by atoms with Crippen molar-refractivity contribution in [2.75, 3.05) is 13.7 Å². The van der Waals surface area contributed by atoms with E-state index in [1.807, 2.05) is 66.1 Å². The molecule has 1 atom stereocenters. The zero-order valence-corrected chi connectivity index (χ0v) is 22.5. The first-order chi connectivity index (χ1) is 19.0. The highest BCUT2D eigenvalue weighted by Crippen LogP contribution is 2.47. The van der Waals surface area contributed by atoms with Crippen molar-refractivity contribution in [1.29, 1.82) is 0 Å². The summed E-state index contributed by atoms with van der Waals surface area (Å²) in [4.78, 5) is 35.2. The third-order valence-electron chi connectivity index (χ3n) is 6.57. The van der Waals surface area contributed by atoms with Crippen LogP contribution in [0.4, 0.5) is 4.39 Å². The Labute approximate surface area is 231 Å². The summed E-state index contributed by atoms with van der Waals surface area (Å²) in [7, 11) is 1.76. The van der Waals surface area contributed by atoms with E-state index in [1.165, 1.54) is 17.8 Å². The fraction of sp³-hybridized carbons (Fsp3) is 0.194. The van der Waals surface area contributed by atoms with E-state index >= 15 is 4.39 Å². The van der Waals surface area contributed by atoms with Gasteiger partial charge >= 0.3 is 5.97 Å². The van der Waals surface area contributed by atoms with Gasteiger partial charge in [0.15, 0.2) is 5.17 Å². The van der Waals surface area contributed by atoms with E-state index in [9.17, 15) is 9.59 Å². The van der Waals surface area contributed by atoms with Gasteiger partial charge in [-0.05, 0) is 24.0 Å². The van der Waals surface area contributed by atoms with Gasteiger partial charge in [-0.3, -0.25) is 4.79 Å². The molecule has 2 aliphatic rings. The lowest BCUT2D eigenvalue weighted by Gasteiger charge is -2.37. The van der Waals surface area contributed by atoms with Gasteiger partial charge in [-0.1, -0.05) is 90.6 Å². The summed E-state index contributed by atoms with van der Waals surface area (Å²) in [5.74, 6) is -1.13. The molecule has 2 heterocycles. The molecule has 0 spiro atoms. The third-order valence-corrected chi connectivity index (χ3v) is 7.46. The fourth-order valence-electron chi connectivity index (χ4n) is 4.71. The van der Waals surface area contributed by atoms with Crippen molar-refractivity contribution >= 4 is 34.5 Å². The minimum atomic E-state index is -0.860. The van der Waals surface area contributed by atoms with E-state index < -0.39 is 17.8 Å². The number of hydrogen-bond acceptors (Lipinski definition) is 6. The number of ether oxygens (including phenoxy) is 1. The van der Waals surface area contributed by atoms with E-state index in [-0.39, 0.29) is 24.5 Å². The lowest BCUT2D eigenvalue weighted by molar-refractivity contribution is -0.139. The molecule has 0 bridgehead atoms. The lowest BCUT2D eigenvalue weighted by Crippen LogP contribution is -2.38. The van der Waals surface area contributed by atoms with Gasteiger partial charge in [0.25, 0.3) is 0 Å². The number of amides is 1. The molecule has 39 heavy (non-hydrogen) atoms. The molecule has 3 aromatic carbocycles. The Bertz CT molecular complexity index is 1470. The predicted molar refractivity (Wildman–Crippen MR) is 152 cm³/mol. The summed E-state index contributed by atoms with van der Waals surface area (Å²) in [5.41, 5.74) is 3.36. The summed E-state index contributed by atoms with van der Waals surface area (Å²) in [6.45, 7) is 2.35. The van der Waals surface area contributed by atoms with Crippen LogP contribution in [0.1, 0.15) is 36.1 Å². The highest BCUT2D eigenvalue weighted by molar-refractivity contribution is 8.16. The number of fused-ring (bicyclic) bond motifs is 1. The van der Waals surface area contributed by atoms with Crippen LogP contribution in [0.15, 0.2) is 107 Å². The topological polar surface area (TPSA) is 62.2 Å². The molecule has 0 fully saturated rings. The maximum absolute atomic E-state index is 15.4. The quantitative estimate of drug-likeness (QED) is 0.320. The normalized spacial score (nSPS) is 16.4. The van der Waals surface area contributed by atoms with E-state index in [4.69, 9.17) is 9.73 Å². The number of carbonyl (C=O) groups is 2. The Morgan fingerprint density at radius 3 is 2.36 bits per heavy atom. The molecule has 0 aromatic heterocycles. The summed E-state index contributed by atoms with van der Waals surface area (Å²) in [6.07, 6.45) is 0.0665. The Morgan fingerprint density at radius 2 is 1.67 bits per heavy atom. The van der Waals surface area contributed by atoms with E-state index in [0.29, 0.717) is 28.7 Å². The first kappa shape index (κ1) is 26.4. The zero-order valence-electron chi connectivity index (χ0n) is 21.7. The molecule has 6 nitrogen and oxygen atoms in total. The average molecular weight is 542 g/mol. The van der Waals surface area contributed by atoms with E-state index in [1.54, 1.807) is 42.0 Å². The van der Waals surface area contributed by atoms with Crippen molar-refractivity contribution in [2.45, 2.75) is 25.9 Å². The maximum atomic E-state index is 15.4. The molecule has 0 saturated heterocycles. The molecule has 1 amide bonds. The van der Waals surface area contributed by atoms with Crippen molar-refractivity contribution in [1.82, 2.24) is 9.80 Å². The van der Waals surface area contributed by atoms with E-state index in [2.05, 4.69) is 0 Å². The third kappa shape index (κ3) is 5.52. The molecule has 2 aliphatic heterocycles. The summed E-state index contributed by atoms with van der Waals surface area (Å²) in [6, 6.07) is 24.6. The Balaban J connectivity index is 1.55. The first-order valence-corrected chi connectivity index (χ1v) is 13.6. The number of thioether (sulfide) groups is 1. The number of rotatable bonds is 8. The van der Waals surface area contributed by atoms with Crippen LogP contribution in [0.3, 0.4) is 0 Å². The number of aliphatic imine (C=N–C) groups is 1. The lowest BCUT2D eigenvalue weighted by atomic mass is 9.91. The van der Waals surface area contributed by atoms with Gasteiger partial charge in [-0.2, -0.15) is 0 Å². The van der Waals surface area contributed by atoms with E-state index in [0.717, 1.165) is 11.1 Å². The van der Waals surface area contributed by atoms with Gasteiger partial charge < -0.3 is 14.5 Å². The van der Waals surface area contributed by atoms with Crippen LogP contribution >= 0.6 is 11.8 Å². The number of esters is 1. The summed E-state index contributed by atoms with van der Waals surface area (Å²) in [5, 5.41) is 2.43. The number of amidine groups is 1. The van der Waals surface area contributed by atoms with Gasteiger partial charge in [0.1, 0.15) is 5.82 Å². The van der Waals surface area contributed by atoms with Crippen LogP contribution < -0.4 is 0 Å². The molecule has 0 radical (unpaired) electrons. The molecule has 0 N–H and O–H groups in total. The fourth-order valence-corrected chi connectivity index (χ4v) is 5.63. The zero-order chi connectivity index (χ0) is 27.4. The molecule has 0 saturated carbocycles. The molecule has 198 valence electrons. The molecule has 1 unspecified atom stereocenters. The van der Waals surface area contributed by atoms with Crippen LogP contribution in [-0.4, -0.2) is 40.5 Å². The smallest absolute Gasteiger partial charge is 0.338 e. The number of carbonyl (C=O) groups excluding carboxylic acids is 2. The van der Waals surface area contributed by atoms with Crippen LogP contribution in [0.2, 0.25) is 0 Å².